The van der Waals surface area contributed by atoms with Crippen molar-refractivity contribution in [2.75, 3.05) is 18.4 Å². The van der Waals surface area contributed by atoms with Gasteiger partial charge in [-0.1, -0.05) is 13.8 Å². The number of nitrogens with one attached hydrogen (secondary N) is 1. The number of nitrogens with two attached hydrogens (primary N) is 1. The van der Waals surface area contributed by atoms with E-state index in [-0.39, 0.29) is 5.41 Å². The highest BCUT2D eigenvalue weighted by molar-refractivity contribution is 5.77. The molecule has 2 aromatic rings. The number of rotatable bonds is 5. The van der Waals surface area contributed by atoms with E-state index in [1.807, 2.05) is 25.1 Å². The van der Waals surface area contributed by atoms with Crippen molar-refractivity contribution in [1.29, 1.82) is 0 Å². The van der Waals surface area contributed by atoms with Crippen LogP contribution in [0.1, 0.15) is 26.2 Å². The molecule has 1 aromatic heterocycles. The second kappa shape index (κ2) is 4.98. The van der Waals surface area contributed by atoms with E-state index < -0.39 is 0 Å². The largest absolute Gasteiger partial charge is 0.441 e. The maximum Gasteiger partial charge on any atom is 0.192 e. The molecular weight excluding hydrogens is 226 g/mol. The number of oxazole rings is 1. The lowest BCUT2D eigenvalue weighted by Crippen LogP contribution is -2.26. The lowest BCUT2D eigenvalue weighted by Gasteiger charge is -2.24. The van der Waals surface area contributed by atoms with E-state index >= 15 is 0 Å². The lowest BCUT2D eigenvalue weighted by molar-refractivity contribution is 0.365. The molecule has 0 amide bonds. The van der Waals surface area contributed by atoms with Gasteiger partial charge in [0.2, 0.25) is 0 Å². The van der Waals surface area contributed by atoms with E-state index in [0.717, 1.165) is 36.3 Å². The van der Waals surface area contributed by atoms with E-state index in [1.165, 1.54) is 0 Å². The zero-order valence-corrected chi connectivity index (χ0v) is 11.3. The van der Waals surface area contributed by atoms with Gasteiger partial charge in [0.05, 0.1) is 0 Å². The molecule has 0 aliphatic rings. The topological polar surface area (TPSA) is 64.1 Å². The van der Waals surface area contributed by atoms with Crippen LogP contribution in [0.5, 0.6) is 0 Å². The maximum atomic E-state index is 5.61. The summed E-state index contributed by atoms with van der Waals surface area (Å²) >= 11 is 0. The average Bonchev–Trinajstić information content (AvgIpc) is 2.65. The van der Waals surface area contributed by atoms with Crippen LogP contribution in [0.2, 0.25) is 0 Å². The van der Waals surface area contributed by atoms with Gasteiger partial charge in [-0.25, -0.2) is 4.98 Å². The molecule has 0 saturated carbocycles. The second-order valence-corrected chi connectivity index (χ2v) is 5.47. The maximum absolute atomic E-state index is 5.61. The Hall–Kier alpha value is -1.55. The summed E-state index contributed by atoms with van der Waals surface area (Å²) in [6, 6.07) is 5.99. The van der Waals surface area contributed by atoms with Crippen molar-refractivity contribution in [3.63, 3.8) is 0 Å². The fraction of sp³-hybridized carbons (Fsp3) is 0.500. The Balaban J connectivity index is 2.07. The van der Waals surface area contributed by atoms with Crippen LogP contribution in [-0.4, -0.2) is 18.1 Å². The van der Waals surface area contributed by atoms with Crippen LogP contribution in [0.3, 0.4) is 0 Å². The molecule has 98 valence electrons. The quantitative estimate of drug-likeness (QED) is 0.852. The summed E-state index contributed by atoms with van der Waals surface area (Å²) in [6.07, 6.45) is 1.01. The van der Waals surface area contributed by atoms with E-state index in [0.29, 0.717) is 5.89 Å². The first-order valence-electron chi connectivity index (χ1n) is 6.31. The van der Waals surface area contributed by atoms with Crippen LogP contribution < -0.4 is 11.1 Å². The highest BCUT2D eigenvalue weighted by Gasteiger charge is 2.16. The third kappa shape index (κ3) is 3.01. The van der Waals surface area contributed by atoms with Crippen molar-refractivity contribution in [2.45, 2.75) is 27.2 Å². The number of benzene rings is 1. The van der Waals surface area contributed by atoms with E-state index in [9.17, 15) is 0 Å². The zero-order chi connectivity index (χ0) is 13.2. The zero-order valence-electron chi connectivity index (χ0n) is 11.3. The molecule has 4 nitrogen and oxygen atoms in total. The van der Waals surface area contributed by atoms with Gasteiger partial charge in [-0.2, -0.15) is 0 Å². The molecule has 3 N–H and O–H groups in total. The smallest absolute Gasteiger partial charge is 0.192 e. The molecule has 4 heteroatoms. The molecule has 0 radical (unpaired) electrons. The monoisotopic (exact) mass is 247 g/mol. The fourth-order valence-electron chi connectivity index (χ4n) is 1.97. The molecule has 0 unspecified atom stereocenters. The van der Waals surface area contributed by atoms with Crippen LogP contribution in [0.15, 0.2) is 22.6 Å². The number of hydrogen-bond donors (Lipinski definition) is 2. The minimum absolute atomic E-state index is 0.198. The summed E-state index contributed by atoms with van der Waals surface area (Å²) in [5.74, 6) is 0.700. The summed E-state index contributed by atoms with van der Waals surface area (Å²) in [5.41, 5.74) is 8.61. The molecule has 0 spiro atoms. The lowest BCUT2D eigenvalue weighted by atomic mass is 9.89. The molecule has 0 saturated heterocycles. The second-order valence-electron chi connectivity index (χ2n) is 5.47. The van der Waals surface area contributed by atoms with Gasteiger partial charge in [0.15, 0.2) is 11.5 Å². The van der Waals surface area contributed by atoms with Gasteiger partial charge >= 0.3 is 0 Å². The minimum Gasteiger partial charge on any atom is -0.441 e. The Morgan fingerprint density at radius 3 is 2.89 bits per heavy atom. The standard InChI is InChI=1S/C14H21N3O/c1-10-17-12-8-11(4-5-13(12)18-10)16-9-14(2,3)6-7-15/h4-5,8,16H,6-7,9,15H2,1-3H3. The Bertz CT molecular complexity index is 531. The summed E-state index contributed by atoms with van der Waals surface area (Å²) in [4.78, 5) is 4.33. The van der Waals surface area contributed by atoms with Crippen molar-refractivity contribution in [1.82, 2.24) is 4.98 Å². The Morgan fingerprint density at radius 1 is 1.39 bits per heavy atom. The molecular formula is C14H21N3O. The SMILES string of the molecule is Cc1nc2cc(NCC(C)(C)CCN)ccc2o1. The van der Waals surface area contributed by atoms with Gasteiger partial charge < -0.3 is 15.5 Å². The number of nitrogens with zero attached hydrogens (tertiary/aromatic N) is 1. The predicted molar refractivity (Wildman–Crippen MR) is 74.7 cm³/mol. The Morgan fingerprint density at radius 2 is 2.17 bits per heavy atom. The Kier molecular flexibility index (Phi) is 3.57. The molecule has 2 rings (SSSR count). The third-order valence-corrected chi connectivity index (χ3v) is 3.09. The van der Waals surface area contributed by atoms with Crippen LogP contribution in [0.25, 0.3) is 11.1 Å². The molecule has 1 heterocycles. The first kappa shape index (κ1) is 12.9. The highest BCUT2D eigenvalue weighted by Crippen LogP contribution is 2.23. The molecule has 18 heavy (non-hydrogen) atoms. The molecule has 0 bridgehead atoms. The van der Waals surface area contributed by atoms with Crippen LogP contribution in [0, 0.1) is 12.3 Å². The number of aryl methyl sites for hydroxylation is 1. The van der Waals surface area contributed by atoms with Crippen LogP contribution in [0.4, 0.5) is 5.69 Å². The van der Waals surface area contributed by atoms with Crippen molar-refractivity contribution in [3.05, 3.63) is 24.1 Å². The number of fused-ring (bicyclic) bond motifs is 1. The van der Waals surface area contributed by atoms with E-state index in [1.54, 1.807) is 0 Å². The van der Waals surface area contributed by atoms with Gasteiger partial charge in [-0.15, -0.1) is 0 Å². The van der Waals surface area contributed by atoms with Gasteiger partial charge in [0.25, 0.3) is 0 Å². The summed E-state index contributed by atoms with van der Waals surface area (Å²) in [7, 11) is 0. The van der Waals surface area contributed by atoms with Gasteiger partial charge in [0.1, 0.15) is 5.52 Å². The molecule has 1 aromatic carbocycles. The summed E-state index contributed by atoms with van der Waals surface area (Å²) in [5, 5.41) is 3.43. The van der Waals surface area contributed by atoms with Crippen LogP contribution in [-0.2, 0) is 0 Å². The van der Waals surface area contributed by atoms with Gasteiger partial charge in [-0.05, 0) is 36.6 Å². The Labute approximate surface area is 108 Å². The number of aromatic nitrogens is 1. The third-order valence-electron chi connectivity index (χ3n) is 3.09. The fourth-order valence-corrected chi connectivity index (χ4v) is 1.97. The molecule has 0 atom stereocenters. The average molecular weight is 247 g/mol. The molecule has 0 fully saturated rings. The molecule has 0 aliphatic heterocycles. The highest BCUT2D eigenvalue weighted by atomic mass is 16.3. The predicted octanol–water partition coefficient (Wildman–Crippen LogP) is 2.92. The van der Waals surface area contributed by atoms with Gasteiger partial charge in [0, 0.05) is 19.2 Å². The molecule has 0 aliphatic carbocycles. The van der Waals surface area contributed by atoms with Crippen molar-refractivity contribution in [3.8, 4) is 0 Å². The van der Waals surface area contributed by atoms with Crippen molar-refractivity contribution in [2.24, 2.45) is 11.1 Å². The normalized spacial score (nSPS) is 12.0. The summed E-state index contributed by atoms with van der Waals surface area (Å²) < 4.78 is 5.45. The number of anilines is 1. The summed E-state index contributed by atoms with van der Waals surface area (Å²) in [6.45, 7) is 7.90. The number of hydrogen-bond acceptors (Lipinski definition) is 4. The van der Waals surface area contributed by atoms with Gasteiger partial charge in [-0.3, -0.25) is 0 Å². The van der Waals surface area contributed by atoms with Crippen molar-refractivity contribution < 1.29 is 4.42 Å². The first-order valence-corrected chi connectivity index (χ1v) is 6.31. The first-order chi connectivity index (χ1) is 8.50. The van der Waals surface area contributed by atoms with Crippen molar-refractivity contribution >= 4 is 16.8 Å². The minimum atomic E-state index is 0.198. The van der Waals surface area contributed by atoms with E-state index in [4.69, 9.17) is 10.2 Å². The van der Waals surface area contributed by atoms with Crippen LogP contribution >= 0.6 is 0 Å². The van der Waals surface area contributed by atoms with E-state index in [2.05, 4.69) is 24.1 Å².